The van der Waals surface area contributed by atoms with Gasteiger partial charge in [0.05, 0.1) is 13.2 Å². The van der Waals surface area contributed by atoms with E-state index >= 15 is 0 Å². The third-order valence-corrected chi connectivity index (χ3v) is 9.83. The maximum Gasteiger partial charge on any atom is 0.471 e. The molecule has 1 amide bonds. The van der Waals surface area contributed by atoms with Gasteiger partial charge in [-0.25, -0.2) is 0 Å². The Hall–Kier alpha value is -2.06. The monoisotopic (exact) mass is 760 g/mol. The molecule has 0 aromatic carbocycles. The molecule has 0 N–H and O–H groups in total. The van der Waals surface area contributed by atoms with Gasteiger partial charge in [0, 0.05) is 25.9 Å². The largest absolute Gasteiger partial charge is 0.471 e. The van der Waals surface area contributed by atoms with Crippen LogP contribution < -0.4 is 0 Å². The first kappa shape index (κ1) is 50.9. The molecule has 312 valence electrons. The van der Waals surface area contributed by atoms with Gasteiger partial charge in [-0.3, -0.25) is 14.4 Å². The van der Waals surface area contributed by atoms with Gasteiger partial charge in [0.2, 0.25) is 0 Å². The van der Waals surface area contributed by atoms with Gasteiger partial charge in [-0.2, -0.15) is 13.2 Å². The van der Waals surface area contributed by atoms with Crippen molar-refractivity contribution in [2.24, 2.45) is 0 Å². The number of alkyl halides is 3. The molecule has 0 radical (unpaired) electrons. The number of ether oxygens (including phenoxy) is 2. The molecular weight excluding hydrogens is 679 g/mol. The van der Waals surface area contributed by atoms with Gasteiger partial charge < -0.3 is 14.4 Å². The first-order valence-electron chi connectivity index (χ1n) is 22.0. The highest BCUT2D eigenvalue weighted by Crippen LogP contribution is 2.19. The third kappa shape index (κ3) is 36.7. The minimum atomic E-state index is -5.00. The van der Waals surface area contributed by atoms with E-state index in [0.717, 1.165) is 57.8 Å². The van der Waals surface area contributed by atoms with E-state index < -0.39 is 12.1 Å². The molecule has 0 spiro atoms. The normalized spacial score (nSPS) is 11.7. The summed E-state index contributed by atoms with van der Waals surface area (Å²) in [6.45, 7) is 4.03. The number of halogens is 3. The van der Waals surface area contributed by atoms with Gasteiger partial charge in [0.1, 0.15) is 0 Å². The lowest BCUT2D eigenvalue weighted by molar-refractivity contribution is -0.185. The Bertz CT molecular complexity index is 880. The van der Waals surface area contributed by atoms with E-state index in [4.69, 9.17) is 9.47 Å². The molecule has 0 heterocycles. The lowest BCUT2D eigenvalue weighted by atomic mass is 10.0. The molecule has 0 bridgehead atoms. The third-order valence-electron chi connectivity index (χ3n) is 9.83. The van der Waals surface area contributed by atoms with E-state index in [0.29, 0.717) is 11.3 Å². The van der Waals surface area contributed by atoms with Crippen LogP contribution in [0.5, 0.6) is 0 Å². The number of hydrogen-bond donors (Lipinski definition) is 0. The fraction of sp³-hybridized carbons (Fsp3) is 0.886. The van der Waals surface area contributed by atoms with Crippen LogP contribution in [-0.2, 0) is 23.9 Å². The summed E-state index contributed by atoms with van der Waals surface area (Å²) in [6, 6.07) is 0. The zero-order valence-corrected chi connectivity index (χ0v) is 34.2. The summed E-state index contributed by atoms with van der Waals surface area (Å²) in [7, 11) is 0. The molecule has 0 saturated carbocycles. The Balaban J connectivity index is 3.87. The Kier molecular flexibility index (Phi) is 36.7. The standard InChI is InChI=1S/C44H80F3NO5/c1-3-5-7-9-11-13-15-17-19-21-23-25-27-29-31-35-41(49)52-39-33-37-48(43(51)44(45,46)47)38-34-40-53-42(50)36-32-30-28-26-24-22-20-18-16-14-12-10-8-6-4-2/h17,19H,3-16,18,20-40H2,1-2H3/b19-17-. The van der Waals surface area contributed by atoms with Crippen molar-refractivity contribution in [3.63, 3.8) is 0 Å². The molecule has 0 atom stereocenters. The molecule has 0 saturated heterocycles. The molecule has 0 rings (SSSR count). The van der Waals surface area contributed by atoms with E-state index in [1.807, 2.05) is 0 Å². The summed E-state index contributed by atoms with van der Waals surface area (Å²) in [5.74, 6) is -2.65. The van der Waals surface area contributed by atoms with Crippen molar-refractivity contribution >= 4 is 17.8 Å². The van der Waals surface area contributed by atoms with E-state index in [-0.39, 0.29) is 57.5 Å². The predicted octanol–water partition coefficient (Wildman–Crippen LogP) is 13.5. The molecule has 0 aromatic rings. The fourth-order valence-electron chi connectivity index (χ4n) is 6.50. The summed E-state index contributed by atoms with van der Waals surface area (Å²) in [5, 5.41) is 0. The number of carbonyl (C=O) groups excluding carboxylic acids is 3. The van der Waals surface area contributed by atoms with Gasteiger partial charge in [-0.1, -0.05) is 167 Å². The second-order valence-electron chi connectivity index (χ2n) is 15.0. The SMILES string of the molecule is CCCCCCCC/C=C\CCCCCCCC(=O)OCCCN(CCCOC(=O)CCCCCCCCCCCCCCCCC)C(=O)C(F)(F)F. The molecule has 0 aliphatic heterocycles. The van der Waals surface area contributed by atoms with Crippen molar-refractivity contribution in [3.05, 3.63) is 12.2 Å². The minimum Gasteiger partial charge on any atom is -0.466 e. The Morgan fingerprint density at radius 3 is 1.08 bits per heavy atom. The molecular formula is C44H80F3NO5. The van der Waals surface area contributed by atoms with Crippen molar-refractivity contribution in [1.29, 1.82) is 0 Å². The fourth-order valence-corrected chi connectivity index (χ4v) is 6.50. The van der Waals surface area contributed by atoms with Gasteiger partial charge in [-0.15, -0.1) is 0 Å². The van der Waals surface area contributed by atoms with Gasteiger partial charge >= 0.3 is 24.0 Å². The van der Waals surface area contributed by atoms with Crippen LogP contribution in [-0.4, -0.2) is 55.2 Å². The quantitative estimate of drug-likeness (QED) is 0.0354. The second kappa shape index (κ2) is 38.2. The minimum absolute atomic E-state index is 0.0375. The summed E-state index contributed by atoms with van der Waals surface area (Å²) >= 11 is 0. The molecule has 0 aliphatic carbocycles. The summed E-state index contributed by atoms with van der Waals surface area (Å²) in [4.78, 5) is 36.8. The maximum absolute atomic E-state index is 13.2. The predicted molar refractivity (Wildman–Crippen MR) is 213 cm³/mol. The molecule has 53 heavy (non-hydrogen) atoms. The van der Waals surface area contributed by atoms with Gasteiger partial charge in [0.15, 0.2) is 0 Å². The molecule has 9 heteroatoms. The van der Waals surface area contributed by atoms with Crippen molar-refractivity contribution in [2.75, 3.05) is 26.3 Å². The van der Waals surface area contributed by atoms with Crippen LogP contribution in [0.3, 0.4) is 0 Å². The van der Waals surface area contributed by atoms with Crippen molar-refractivity contribution < 1.29 is 37.0 Å². The van der Waals surface area contributed by atoms with Crippen LogP contribution in [0.2, 0.25) is 0 Å². The second-order valence-corrected chi connectivity index (χ2v) is 15.0. The van der Waals surface area contributed by atoms with Crippen LogP contribution in [0.1, 0.15) is 219 Å². The summed E-state index contributed by atoms with van der Waals surface area (Å²) in [6.07, 6.45) is 34.2. The average molecular weight is 760 g/mol. The van der Waals surface area contributed by atoms with Crippen LogP contribution in [0.4, 0.5) is 13.2 Å². The number of carbonyl (C=O) groups is 3. The smallest absolute Gasteiger partial charge is 0.466 e. The Labute approximate surface area is 323 Å². The lowest BCUT2D eigenvalue weighted by Gasteiger charge is -2.23. The number of rotatable bonds is 39. The number of hydrogen-bond acceptors (Lipinski definition) is 5. The zero-order chi connectivity index (χ0) is 39.1. The lowest BCUT2D eigenvalue weighted by Crippen LogP contribution is -2.42. The summed E-state index contributed by atoms with van der Waals surface area (Å²) in [5.41, 5.74) is 0. The molecule has 0 aliphatic rings. The zero-order valence-electron chi connectivity index (χ0n) is 34.2. The first-order valence-corrected chi connectivity index (χ1v) is 22.0. The number of amides is 1. The van der Waals surface area contributed by atoms with Gasteiger partial charge in [0.25, 0.3) is 0 Å². The van der Waals surface area contributed by atoms with E-state index in [1.165, 1.54) is 122 Å². The average Bonchev–Trinajstić information content (AvgIpc) is 3.13. The number of nitrogens with zero attached hydrogens (tertiary/aromatic N) is 1. The maximum atomic E-state index is 13.2. The van der Waals surface area contributed by atoms with Crippen molar-refractivity contribution in [3.8, 4) is 0 Å². The van der Waals surface area contributed by atoms with E-state index in [9.17, 15) is 27.6 Å². The molecule has 0 fully saturated rings. The molecule has 0 aromatic heterocycles. The number of allylic oxidation sites excluding steroid dienone is 2. The van der Waals surface area contributed by atoms with Crippen molar-refractivity contribution in [1.82, 2.24) is 4.90 Å². The van der Waals surface area contributed by atoms with Gasteiger partial charge in [-0.05, 0) is 51.4 Å². The summed E-state index contributed by atoms with van der Waals surface area (Å²) < 4.78 is 49.9. The van der Waals surface area contributed by atoms with E-state index in [1.54, 1.807) is 0 Å². The van der Waals surface area contributed by atoms with E-state index in [2.05, 4.69) is 26.0 Å². The topological polar surface area (TPSA) is 72.9 Å². The Morgan fingerprint density at radius 1 is 0.453 bits per heavy atom. The molecule has 6 nitrogen and oxygen atoms in total. The van der Waals surface area contributed by atoms with Crippen LogP contribution >= 0.6 is 0 Å². The van der Waals surface area contributed by atoms with Crippen LogP contribution in [0, 0.1) is 0 Å². The first-order chi connectivity index (χ1) is 25.7. The van der Waals surface area contributed by atoms with Crippen molar-refractivity contribution in [2.45, 2.75) is 225 Å². The number of esters is 2. The highest BCUT2D eigenvalue weighted by Gasteiger charge is 2.42. The molecule has 0 unspecified atom stereocenters. The van der Waals surface area contributed by atoms with Crippen LogP contribution in [0.25, 0.3) is 0 Å². The Morgan fingerprint density at radius 2 is 0.755 bits per heavy atom. The van der Waals surface area contributed by atoms with Crippen LogP contribution in [0.15, 0.2) is 12.2 Å². The highest BCUT2D eigenvalue weighted by atomic mass is 19.4. The number of unbranched alkanes of at least 4 members (excludes halogenated alkanes) is 25. The highest BCUT2D eigenvalue weighted by molar-refractivity contribution is 5.81.